The molecule has 0 saturated carbocycles. The van der Waals surface area contributed by atoms with Gasteiger partial charge < -0.3 is 21.0 Å². The molecule has 0 aliphatic heterocycles. The van der Waals surface area contributed by atoms with Crippen molar-refractivity contribution in [3.63, 3.8) is 0 Å². The minimum absolute atomic E-state index is 0.121. The summed E-state index contributed by atoms with van der Waals surface area (Å²) in [5.74, 6) is -0.0950. The summed E-state index contributed by atoms with van der Waals surface area (Å²) in [6.45, 7) is 3.94. The molecule has 5 N–H and O–H groups in total. The Labute approximate surface area is 110 Å². The summed E-state index contributed by atoms with van der Waals surface area (Å²) < 4.78 is 0. The summed E-state index contributed by atoms with van der Waals surface area (Å²) in [7, 11) is 0. The third-order valence-electron chi connectivity index (χ3n) is 3.34. The number of carbonyl (C=O) groups excluding carboxylic acids is 1. The number of rotatable bonds is 4. The zero-order valence-electron chi connectivity index (χ0n) is 11.0. The molecule has 0 bridgehead atoms. The number of aromatic nitrogens is 2. The van der Waals surface area contributed by atoms with E-state index in [2.05, 4.69) is 15.3 Å². The molecule has 102 valence electrons. The van der Waals surface area contributed by atoms with E-state index in [0.29, 0.717) is 16.7 Å². The van der Waals surface area contributed by atoms with Gasteiger partial charge in [-0.2, -0.15) is 0 Å². The lowest BCUT2D eigenvalue weighted by Crippen LogP contribution is -2.40. The summed E-state index contributed by atoms with van der Waals surface area (Å²) >= 11 is 0. The van der Waals surface area contributed by atoms with Crippen molar-refractivity contribution in [2.45, 2.75) is 26.3 Å². The Morgan fingerprint density at radius 3 is 2.74 bits per heavy atom. The number of nitrogens with one attached hydrogen (secondary N) is 3. The highest BCUT2D eigenvalue weighted by Gasteiger charge is 2.19. The molecule has 6 nitrogen and oxygen atoms in total. The molecule has 2 atom stereocenters. The van der Waals surface area contributed by atoms with Gasteiger partial charge in [0.1, 0.15) is 0 Å². The number of aromatic amines is 2. The van der Waals surface area contributed by atoms with E-state index < -0.39 is 6.04 Å². The van der Waals surface area contributed by atoms with Gasteiger partial charge in [0.2, 0.25) is 5.91 Å². The van der Waals surface area contributed by atoms with Crippen LogP contribution >= 0.6 is 0 Å². The lowest BCUT2D eigenvalue weighted by molar-refractivity contribution is -0.118. The normalized spacial score (nSPS) is 14.3. The van der Waals surface area contributed by atoms with E-state index in [-0.39, 0.29) is 17.5 Å². The number of nitrogens with two attached hydrogens (primary N) is 1. The first kappa shape index (κ1) is 13.4. The Kier molecular flexibility index (Phi) is 3.71. The first-order valence-corrected chi connectivity index (χ1v) is 6.29. The zero-order chi connectivity index (χ0) is 14.0. The van der Waals surface area contributed by atoms with Crippen LogP contribution in [0.5, 0.6) is 0 Å². The van der Waals surface area contributed by atoms with Gasteiger partial charge in [-0.3, -0.25) is 4.79 Å². The van der Waals surface area contributed by atoms with Crippen LogP contribution in [-0.2, 0) is 4.79 Å². The predicted molar refractivity (Wildman–Crippen MR) is 75.0 cm³/mol. The van der Waals surface area contributed by atoms with E-state index in [1.807, 2.05) is 13.8 Å². The molecule has 6 heteroatoms. The lowest BCUT2D eigenvalue weighted by Gasteiger charge is -2.17. The molecule has 0 fully saturated rings. The molecule has 0 aliphatic carbocycles. The molecule has 2 aromatic rings. The smallest absolute Gasteiger partial charge is 0.323 e. The molecule has 0 radical (unpaired) electrons. The van der Waals surface area contributed by atoms with Crippen LogP contribution in [0.3, 0.4) is 0 Å². The van der Waals surface area contributed by atoms with Crippen LogP contribution in [0.1, 0.15) is 20.3 Å². The van der Waals surface area contributed by atoms with E-state index in [1.165, 1.54) is 0 Å². The highest BCUT2D eigenvalue weighted by Crippen LogP contribution is 2.15. The molecule has 2 rings (SSSR count). The molecule has 0 aliphatic rings. The fourth-order valence-electron chi connectivity index (χ4n) is 1.85. The van der Waals surface area contributed by atoms with Gasteiger partial charge in [-0.15, -0.1) is 0 Å². The van der Waals surface area contributed by atoms with Gasteiger partial charge in [0.05, 0.1) is 17.1 Å². The van der Waals surface area contributed by atoms with Crippen molar-refractivity contribution in [3.05, 3.63) is 28.7 Å². The van der Waals surface area contributed by atoms with Crippen LogP contribution in [0.15, 0.2) is 23.0 Å². The quantitative estimate of drug-likeness (QED) is 0.664. The molecular formula is C13H18N4O2. The number of carbonyl (C=O) groups is 1. The van der Waals surface area contributed by atoms with E-state index in [9.17, 15) is 9.59 Å². The third kappa shape index (κ3) is 2.85. The number of imidazole rings is 1. The number of hydrogen-bond donors (Lipinski definition) is 4. The maximum atomic E-state index is 11.9. The van der Waals surface area contributed by atoms with Crippen LogP contribution in [0, 0.1) is 5.92 Å². The molecule has 1 aromatic heterocycles. The standard InChI is InChI=1S/C13H18N4O2/c1-3-7(2)11(14)12(18)15-8-4-5-9-10(6-8)17-13(19)16-9/h4-7,11H,3,14H2,1-2H3,(H,15,18)(H2,16,17,19). The van der Waals surface area contributed by atoms with Gasteiger partial charge in [0.15, 0.2) is 0 Å². The molecule has 1 heterocycles. The fourth-order valence-corrected chi connectivity index (χ4v) is 1.85. The van der Waals surface area contributed by atoms with Crippen molar-refractivity contribution >= 4 is 22.6 Å². The molecular weight excluding hydrogens is 244 g/mol. The zero-order valence-corrected chi connectivity index (χ0v) is 11.0. The van der Waals surface area contributed by atoms with Gasteiger partial charge >= 0.3 is 5.69 Å². The van der Waals surface area contributed by atoms with Gasteiger partial charge in [-0.25, -0.2) is 4.79 Å². The predicted octanol–water partition coefficient (Wildman–Crippen LogP) is 1.17. The average Bonchev–Trinajstić information content (AvgIpc) is 2.76. The number of amides is 1. The lowest BCUT2D eigenvalue weighted by atomic mass is 9.99. The average molecular weight is 262 g/mol. The highest BCUT2D eigenvalue weighted by atomic mass is 16.2. The number of hydrogen-bond acceptors (Lipinski definition) is 3. The molecule has 2 unspecified atom stereocenters. The Morgan fingerprint density at radius 2 is 2.05 bits per heavy atom. The third-order valence-corrected chi connectivity index (χ3v) is 3.34. The van der Waals surface area contributed by atoms with Crippen LogP contribution < -0.4 is 16.7 Å². The Hall–Kier alpha value is -2.08. The highest BCUT2D eigenvalue weighted by molar-refractivity contribution is 5.96. The first-order chi connectivity index (χ1) is 9.01. The second kappa shape index (κ2) is 5.27. The number of H-pyrrole nitrogens is 2. The maximum absolute atomic E-state index is 11.9. The van der Waals surface area contributed by atoms with Crippen LogP contribution in [-0.4, -0.2) is 21.9 Å². The Morgan fingerprint density at radius 1 is 1.37 bits per heavy atom. The van der Waals surface area contributed by atoms with Gasteiger partial charge in [-0.05, 0) is 24.1 Å². The van der Waals surface area contributed by atoms with Crippen molar-refractivity contribution in [3.8, 4) is 0 Å². The van der Waals surface area contributed by atoms with Crippen molar-refractivity contribution in [2.24, 2.45) is 11.7 Å². The summed E-state index contributed by atoms with van der Waals surface area (Å²) in [5, 5.41) is 2.76. The summed E-state index contributed by atoms with van der Waals surface area (Å²) in [4.78, 5) is 28.4. The van der Waals surface area contributed by atoms with Gasteiger partial charge in [0.25, 0.3) is 0 Å². The molecule has 19 heavy (non-hydrogen) atoms. The number of anilines is 1. The van der Waals surface area contributed by atoms with E-state index in [1.54, 1.807) is 18.2 Å². The van der Waals surface area contributed by atoms with E-state index in [0.717, 1.165) is 6.42 Å². The topological polar surface area (TPSA) is 104 Å². The van der Waals surface area contributed by atoms with Crippen LogP contribution in [0.4, 0.5) is 5.69 Å². The van der Waals surface area contributed by atoms with Crippen molar-refractivity contribution < 1.29 is 4.79 Å². The van der Waals surface area contributed by atoms with Crippen molar-refractivity contribution in [2.75, 3.05) is 5.32 Å². The minimum atomic E-state index is -0.536. The van der Waals surface area contributed by atoms with Crippen LogP contribution in [0.25, 0.3) is 11.0 Å². The largest absolute Gasteiger partial charge is 0.325 e. The molecule has 0 spiro atoms. The Balaban J connectivity index is 2.16. The second-order valence-electron chi connectivity index (χ2n) is 4.74. The van der Waals surface area contributed by atoms with Gasteiger partial charge in [-0.1, -0.05) is 20.3 Å². The molecule has 0 saturated heterocycles. The summed E-state index contributed by atoms with van der Waals surface area (Å²) in [5.41, 5.74) is 7.56. The van der Waals surface area contributed by atoms with E-state index in [4.69, 9.17) is 5.73 Å². The summed E-state index contributed by atoms with van der Waals surface area (Å²) in [6, 6.07) is 4.63. The SMILES string of the molecule is CCC(C)C(N)C(=O)Nc1ccc2[nH]c(=O)[nH]c2c1. The fraction of sp³-hybridized carbons (Fsp3) is 0.385. The molecule has 1 aromatic carbocycles. The molecule has 1 amide bonds. The second-order valence-corrected chi connectivity index (χ2v) is 4.74. The maximum Gasteiger partial charge on any atom is 0.323 e. The van der Waals surface area contributed by atoms with Crippen molar-refractivity contribution in [1.29, 1.82) is 0 Å². The number of fused-ring (bicyclic) bond motifs is 1. The number of benzene rings is 1. The van der Waals surface area contributed by atoms with Gasteiger partial charge in [0, 0.05) is 5.69 Å². The first-order valence-electron chi connectivity index (χ1n) is 6.29. The van der Waals surface area contributed by atoms with E-state index >= 15 is 0 Å². The monoisotopic (exact) mass is 262 g/mol. The van der Waals surface area contributed by atoms with Crippen molar-refractivity contribution in [1.82, 2.24) is 9.97 Å². The summed E-state index contributed by atoms with van der Waals surface area (Å²) in [6.07, 6.45) is 0.846. The van der Waals surface area contributed by atoms with Crippen LogP contribution in [0.2, 0.25) is 0 Å². The minimum Gasteiger partial charge on any atom is -0.325 e. The Bertz CT molecular complexity index is 643.